The number of aromatic nitrogens is 3. The summed E-state index contributed by atoms with van der Waals surface area (Å²) < 4.78 is 0. The fourth-order valence-corrected chi connectivity index (χ4v) is 1.66. The van der Waals surface area contributed by atoms with Gasteiger partial charge in [0.05, 0.1) is 23.6 Å². The minimum Gasteiger partial charge on any atom is -0.271 e. The molecule has 0 aromatic carbocycles. The average molecular weight is 229 g/mol. The molecule has 5 nitrogen and oxygen atoms in total. The molecular weight excluding hydrogens is 214 g/mol. The van der Waals surface area contributed by atoms with Gasteiger partial charge in [-0.25, -0.2) is 5.43 Å². The van der Waals surface area contributed by atoms with Crippen LogP contribution in [0.15, 0.2) is 30.9 Å². The number of hydrogen-bond acceptors (Lipinski definition) is 5. The van der Waals surface area contributed by atoms with E-state index in [1.165, 1.54) is 0 Å². The molecule has 0 radical (unpaired) electrons. The molecular formula is C12H15N5. The van der Waals surface area contributed by atoms with Crippen LogP contribution in [-0.2, 0) is 0 Å². The fourth-order valence-electron chi connectivity index (χ4n) is 1.66. The number of hydrogen-bond donors (Lipinski definition) is 2. The normalized spacial score (nSPS) is 12.4. The van der Waals surface area contributed by atoms with Crippen molar-refractivity contribution in [1.29, 1.82) is 0 Å². The zero-order valence-electron chi connectivity index (χ0n) is 9.88. The van der Waals surface area contributed by atoms with Gasteiger partial charge in [0.25, 0.3) is 0 Å². The molecule has 0 bridgehead atoms. The lowest BCUT2D eigenvalue weighted by atomic mass is 10.0. The van der Waals surface area contributed by atoms with E-state index in [0.29, 0.717) is 0 Å². The molecule has 0 saturated heterocycles. The molecule has 0 aliphatic carbocycles. The van der Waals surface area contributed by atoms with E-state index in [0.717, 1.165) is 22.5 Å². The molecule has 17 heavy (non-hydrogen) atoms. The summed E-state index contributed by atoms with van der Waals surface area (Å²) in [5.41, 5.74) is 6.54. The Hall–Kier alpha value is -1.85. The lowest BCUT2D eigenvalue weighted by Crippen LogP contribution is -2.30. The van der Waals surface area contributed by atoms with Crippen LogP contribution in [-0.4, -0.2) is 15.0 Å². The highest BCUT2D eigenvalue weighted by Crippen LogP contribution is 2.21. The van der Waals surface area contributed by atoms with E-state index in [9.17, 15) is 0 Å². The Labute approximate surface area is 100 Å². The van der Waals surface area contributed by atoms with Crippen LogP contribution in [0.1, 0.15) is 28.6 Å². The summed E-state index contributed by atoms with van der Waals surface area (Å²) in [6.45, 7) is 3.92. The number of rotatable bonds is 3. The third kappa shape index (κ3) is 2.46. The van der Waals surface area contributed by atoms with Crippen LogP contribution in [0, 0.1) is 13.8 Å². The second-order valence-electron chi connectivity index (χ2n) is 3.91. The lowest BCUT2D eigenvalue weighted by Gasteiger charge is -2.17. The van der Waals surface area contributed by atoms with Crippen molar-refractivity contribution in [1.82, 2.24) is 20.4 Å². The van der Waals surface area contributed by atoms with Crippen molar-refractivity contribution in [2.75, 3.05) is 0 Å². The zero-order chi connectivity index (χ0) is 12.3. The van der Waals surface area contributed by atoms with Gasteiger partial charge in [-0.05, 0) is 31.0 Å². The minimum atomic E-state index is -0.184. The van der Waals surface area contributed by atoms with Crippen LogP contribution in [0.5, 0.6) is 0 Å². The van der Waals surface area contributed by atoms with Crippen molar-refractivity contribution in [2.24, 2.45) is 5.84 Å². The smallest absolute Gasteiger partial charge is 0.0914 e. The van der Waals surface area contributed by atoms with Crippen LogP contribution < -0.4 is 11.3 Å². The Bertz CT molecular complexity index is 495. The Morgan fingerprint density at radius 1 is 1.18 bits per heavy atom. The van der Waals surface area contributed by atoms with E-state index in [2.05, 4.69) is 20.4 Å². The Balaban J connectivity index is 2.40. The highest BCUT2D eigenvalue weighted by atomic mass is 15.2. The first-order valence-corrected chi connectivity index (χ1v) is 5.37. The molecule has 1 unspecified atom stereocenters. The maximum Gasteiger partial charge on any atom is 0.0914 e. The summed E-state index contributed by atoms with van der Waals surface area (Å²) in [6, 6.07) is 1.76. The molecule has 0 aliphatic rings. The van der Waals surface area contributed by atoms with Crippen LogP contribution in [0.2, 0.25) is 0 Å². The van der Waals surface area contributed by atoms with E-state index >= 15 is 0 Å². The van der Waals surface area contributed by atoms with E-state index in [1.54, 1.807) is 24.8 Å². The molecule has 0 fully saturated rings. The summed E-state index contributed by atoms with van der Waals surface area (Å²) in [4.78, 5) is 12.7. The van der Waals surface area contributed by atoms with Gasteiger partial charge in [0.2, 0.25) is 0 Å². The summed E-state index contributed by atoms with van der Waals surface area (Å²) in [6.07, 6.45) is 7.01. The molecule has 0 amide bonds. The lowest BCUT2D eigenvalue weighted by molar-refractivity contribution is 0.612. The van der Waals surface area contributed by atoms with E-state index < -0.39 is 0 Å². The third-order valence-electron chi connectivity index (χ3n) is 2.65. The SMILES string of the molecule is Cc1cnc(C(NN)c2cnccc2C)cn1. The predicted molar refractivity (Wildman–Crippen MR) is 64.9 cm³/mol. The van der Waals surface area contributed by atoms with Gasteiger partial charge in [0.15, 0.2) is 0 Å². The molecule has 1 atom stereocenters. The molecule has 2 rings (SSSR count). The zero-order valence-corrected chi connectivity index (χ0v) is 9.88. The van der Waals surface area contributed by atoms with Crippen LogP contribution in [0.3, 0.4) is 0 Å². The fraction of sp³-hybridized carbons (Fsp3) is 0.250. The predicted octanol–water partition coefficient (Wildman–Crippen LogP) is 1.04. The first kappa shape index (κ1) is 11.6. The van der Waals surface area contributed by atoms with Crippen LogP contribution in [0.25, 0.3) is 0 Å². The second kappa shape index (κ2) is 4.99. The standard InChI is InChI=1S/C12H15N5/c1-8-3-4-14-6-10(8)12(17-13)11-7-15-9(2)5-16-11/h3-7,12,17H,13H2,1-2H3. The maximum atomic E-state index is 5.60. The molecule has 3 N–H and O–H groups in total. The molecule has 2 heterocycles. The number of nitrogens with two attached hydrogens (primary N) is 1. The first-order valence-electron chi connectivity index (χ1n) is 5.37. The van der Waals surface area contributed by atoms with Gasteiger partial charge in [-0.2, -0.15) is 0 Å². The number of nitrogens with one attached hydrogen (secondary N) is 1. The molecule has 0 spiro atoms. The van der Waals surface area contributed by atoms with E-state index in [1.807, 2.05) is 19.9 Å². The van der Waals surface area contributed by atoms with Crippen molar-refractivity contribution in [2.45, 2.75) is 19.9 Å². The van der Waals surface area contributed by atoms with Gasteiger partial charge in [-0.3, -0.25) is 20.8 Å². The molecule has 2 aromatic heterocycles. The third-order valence-corrected chi connectivity index (χ3v) is 2.65. The van der Waals surface area contributed by atoms with Gasteiger partial charge in [0.1, 0.15) is 0 Å². The topological polar surface area (TPSA) is 76.7 Å². The highest BCUT2D eigenvalue weighted by molar-refractivity contribution is 5.30. The van der Waals surface area contributed by atoms with Crippen molar-refractivity contribution < 1.29 is 0 Å². The molecule has 0 aliphatic heterocycles. The van der Waals surface area contributed by atoms with Crippen LogP contribution >= 0.6 is 0 Å². The Morgan fingerprint density at radius 2 is 2.00 bits per heavy atom. The second-order valence-corrected chi connectivity index (χ2v) is 3.91. The summed E-state index contributed by atoms with van der Waals surface area (Å²) in [7, 11) is 0. The van der Waals surface area contributed by atoms with E-state index in [-0.39, 0.29) is 6.04 Å². The van der Waals surface area contributed by atoms with E-state index in [4.69, 9.17) is 5.84 Å². The molecule has 0 saturated carbocycles. The number of aryl methyl sites for hydroxylation is 2. The number of nitrogens with zero attached hydrogens (tertiary/aromatic N) is 3. The number of pyridine rings is 1. The average Bonchev–Trinajstić information content (AvgIpc) is 2.35. The monoisotopic (exact) mass is 229 g/mol. The van der Waals surface area contributed by atoms with Gasteiger partial charge < -0.3 is 0 Å². The summed E-state index contributed by atoms with van der Waals surface area (Å²) in [5.74, 6) is 5.60. The summed E-state index contributed by atoms with van der Waals surface area (Å²) in [5, 5.41) is 0. The minimum absolute atomic E-state index is 0.184. The maximum absolute atomic E-state index is 5.60. The first-order chi connectivity index (χ1) is 8.22. The molecule has 2 aromatic rings. The molecule has 5 heteroatoms. The van der Waals surface area contributed by atoms with Crippen molar-refractivity contribution in [3.8, 4) is 0 Å². The van der Waals surface area contributed by atoms with Crippen molar-refractivity contribution in [3.05, 3.63) is 53.4 Å². The quantitative estimate of drug-likeness (QED) is 0.607. The Morgan fingerprint density at radius 3 is 2.59 bits per heavy atom. The Kier molecular flexibility index (Phi) is 3.41. The van der Waals surface area contributed by atoms with Gasteiger partial charge in [-0.1, -0.05) is 0 Å². The van der Waals surface area contributed by atoms with Gasteiger partial charge in [0, 0.05) is 18.6 Å². The van der Waals surface area contributed by atoms with Gasteiger partial charge >= 0.3 is 0 Å². The van der Waals surface area contributed by atoms with Crippen LogP contribution in [0.4, 0.5) is 0 Å². The van der Waals surface area contributed by atoms with Gasteiger partial charge in [-0.15, -0.1) is 0 Å². The molecule has 88 valence electrons. The summed E-state index contributed by atoms with van der Waals surface area (Å²) >= 11 is 0. The van der Waals surface area contributed by atoms with Crippen molar-refractivity contribution in [3.63, 3.8) is 0 Å². The van der Waals surface area contributed by atoms with Crippen molar-refractivity contribution >= 4 is 0 Å². The highest BCUT2D eigenvalue weighted by Gasteiger charge is 2.16. The largest absolute Gasteiger partial charge is 0.271 e. The number of hydrazine groups is 1.